The van der Waals surface area contributed by atoms with Crippen LogP contribution in [0.3, 0.4) is 0 Å². The lowest BCUT2D eigenvalue weighted by atomic mass is 10.1. The molecular weight excluding hydrogens is 398 g/mol. The number of nitrogens with zero attached hydrogens (tertiary/aromatic N) is 4. The number of ether oxygens (including phenoxy) is 2. The molecule has 0 radical (unpaired) electrons. The maximum atomic E-state index is 12.9. The van der Waals surface area contributed by atoms with Crippen LogP contribution in [0.25, 0.3) is 16.8 Å². The second-order valence-corrected chi connectivity index (χ2v) is 6.84. The first kappa shape index (κ1) is 20.1. The van der Waals surface area contributed by atoms with Gasteiger partial charge in [0.15, 0.2) is 0 Å². The summed E-state index contributed by atoms with van der Waals surface area (Å²) in [5.41, 5.74) is 2.01. The van der Waals surface area contributed by atoms with Gasteiger partial charge in [-0.1, -0.05) is 0 Å². The van der Waals surface area contributed by atoms with E-state index in [1.807, 2.05) is 24.3 Å². The average molecular weight is 419 g/mol. The Morgan fingerprint density at radius 3 is 2.19 bits per heavy atom. The molecule has 1 N–H and O–H groups in total. The van der Waals surface area contributed by atoms with Crippen molar-refractivity contribution in [3.05, 3.63) is 70.8 Å². The lowest BCUT2D eigenvalue weighted by molar-refractivity contribution is -0.117. The molecule has 2 aromatic carbocycles. The molecule has 2 heterocycles. The molecule has 158 valence electrons. The van der Waals surface area contributed by atoms with E-state index < -0.39 is 5.56 Å². The molecule has 1 amide bonds. The van der Waals surface area contributed by atoms with Gasteiger partial charge in [0, 0.05) is 11.3 Å². The molecule has 31 heavy (non-hydrogen) atoms. The second-order valence-electron chi connectivity index (χ2n) is 6.84. The molecule has 0 aliphatic carbocycles. The first-order valence-corrected chi connectivity index (χ1v) is 9.54. The molecule has 0 atom stereocenters. The number of carbonyl (C=O) groups is 1. The summed E-state index contributed by atoms with van der Waals surface area (Å²) >= 11 is 0. The van der Waals surface area contributed by atoms with Crippen LogP contribution in [0.5, 0.6) is 11.5 Å². The van der Waals surface area contributed by atoms with Crippen LogP contribution in [-0.4, -0.2) is 39.5 Å². The molecule has 0 bridgehead atoms. The summed E-state index contributed by atoms with van der Waals surface area (Å²) in [7, 11) is 3.17. The quantitative estimate of drug-likeness (QED) is 0.516. The topological polar surface area (TPSA) is 99.8 Å². The zero-order valence-electron chi connectivity index (χ0n) is 17.3. The molecule has 4 aromatic rings. The van der Waals surface area contributed by atoms with E-state index in [2.05, 4.69) is 15.5 Å². The van der Waals surface area contributed by atoms with Gasteiger partial charge >= 0.3 is 0 Å². The molecule has 0 fully saturated rings. The minimum atomic E-state index is -0.400. The summed E-state index contributed by atoms with van der Waals surface area (Å²) in [6.45, 7) is 1.51. The minimum Gasteiger partial charge on any atom is -0.497 e. The van der Waals surface area contributed by atoms with Gasteiger partial charge in [0.1, 0.15) is 29.4 Å². The number of nitrogens with one attached hydrogen (secondary N) is 1. The molecule has 0 unspecified atom stereocenters. The molecule has 0 aliphatic heterocycles. The van der Waals surface area contributed by atoms with Crippen molar-refractivity contribution in [2.45, 2.75) is 13.5 Å². The van der Waals surface area contributed by atoms with Gasteiger partial charge in [0.05, 0.1) is 19.9 Å². The van der Waals surface area contributed by atoms with E-state index in [0.29, 0.717) is 28.5 Å². The number of amides is 1. The summed E-state index contributed by atoms with van der Waals surface area (Å²) in [4.78, 5) is 25.4. The van der Waals surface area contributed by atoms with Crippen LogP contribution in [0.2, 0.25) is 0 Å². The van der Waals surface area contributed by atoms with E-state index in [1.165, 1.54) is 4.52 Å². The van der Waals surface area contributed by atoms with Crippen molar-refractivity contribution in [3.63, 3.8) is 0 Å². The standard InChI is InChI=1S/C22H21N5O4/c1-14-24-26(13-21(28)23-16-6-10-18(31-3)11-7-16)22(29)20-12-19(25-27(14)20)15-4-8-17(30-2)9-5-15/h4-12H,13H2,1-3H3,(H,23,28). The van der Waals surface area contributed by atoms with Gasteiger partial charge in [-0.15, -0.1) is 0 Å². The summed E-state index contributed by atoms with van der Waals surface area (Å²) in [5.74, 6) is 1.55. The van der Waals surface area contributed by atoms with Gasteiger partial charge < -0.3 is 14.8 Å². The monoisotopic (exact) mass is 419 g/mol. The van der Waals surface area contributed by atoms with Crippen LogP contribution in [0.15, 0.2) is 59.4 Å². The highest BCUT2D eigenvalue weighted by atomic mass is 16.5. The lowest BCUT2D eigenvalue weighted by Gasteiger charge is -2.08. The SMILES string of the molecule is COc1ccc(NC(=O)Cn2nc(C)n3nc(-c4ccc(OC)cc4)cc3c2=O)cc1. The highest BCUT2D eigenvalue weighted by Gasteiger charge is 2.15. The van der Waals surface area contributed by atoms with E-state index in [-0.39, 0.29) is 12.5 Å². The number of anilines is 1. The van der Waals surface area contributed by atoms with E-state index in [4.69, 9.17) is 9.47 Å². The van der Waals surface area contributed by atoms with Crippen LogP contribution >= 0.6 is 0 Å². The number of hydrogen-bond donors (Lipinski definition) is 1. The molecule has 2 aromatic heterocycles. The number of aryl methyl sites for hydroxylation is 1. The largest absolute Gasteiger partial charge is 0.497 e. The van der Waals surface area contributed by atoms with Crippen molar-refractivity contribution in [2.24, 2.45) is 0 Å². The Bertz CT molecular complexity index is 1290. The van der Waals surface area contributed by atoms with Gasteiger partial charge in [-0.25, -0.2) is 9.20 Å². The van der Waals surface area contributed by atoms with Crippen molar-refractivity contribution < 1.29 is 14.3 Å². The predicted octanol–water partition coefficient (Wildman–Crippen LogP) is 2.52. The fraction of sp³-hybridized carbons (Fsp3) is 0.182. The Hall–Kier alpha value is -4.14. The van der Waals surface area contributed by atoms with Crippen LogP contribution < -0.4 is 20.3 Å². The molecular formula is C22H21N5O4. The number of benzene rings is 2. The van der Waals surface area contributed by atoms with Crippen LogP contribution in [0, 0.1) is 6.92 Å². The number of rotatable bonds is 6. The highest BCUT2D eigenvalue weighted by Crippen LogP contribution is 2.22. The number of methoxy groups -OCH3 is 2. The zero-order chi connectivity index (χ0) is 22.0. The first-order chi connectivity index (χ1) is 15.0. The third kappa shape index (κ3) is 4.11. The zero-order valence-corrected chi connectivity index (χ0v) is 17.3. The molecule has 0 saturated carbocycles. The Kier molecular flexibility index (Phi) is 5.40. The number of aromatic nitrogens is 4. The van der Waals surface area contributed by atoms with E-state index in [0.717, 1.165) is 16.0 Å². The molecule has 9 heteroatoms. The maximum absolute atomic E-state index is 12.9. The summed E-state index contributed by atoms with van der Waals surface area (Å²) in [6.07, 6.45) is 0. The summed E-state index contributed by atoms with van der Waals surface area (Å²) in [6, 6.07) is 16.0. The normalized spacial score (nSPS) is 10.8. The Morgan fingerprint density at radius 1 is 0.968 bits per heavy atom. The van der Waals surface area contributed by atoms with Crippen LogP contribution in [0.4, 0.5) is 5.69 Å². The predicted molar refractivity (Wildman–Crippen MR) is 116 cm³/mol. The van der Waals surface area contributed by atoms with Crippen LogP contribution in [-0.2, 0) is 11.3 Å². The van der Waals surface area contributed by atoms with Crippen LogP contribution in [0.1, 0.15) is 5.82 Å². The smallest absolute Gasteiger partial charge is 0.293 e. The number of hydrogen-bond acceptors (Lipinski definition) is 6. The number of carbonyl (C=O) groups excluding carboxylic acids is 1. The Morgan fingerprint density at radius 2 is 1.58 bits per heavy atom. The van der Waals surface area contributed by atoms with Gasteiger partial charge in [-0.2, -0.15) is 10.2 Å². The fourth-order valence-corrected chi connectivity index (χ4v) is 3.20. The molecule has 0 spiro atoms. The number of fused-ring (bicyclic) bond motifs is 1. The molecule has 0 aliphatic rings. The highest BCUT2D eigenvalue weighted by molar-refractivity contribution is 5.90. The minimum absolute atomic E-state index is 0.217. The third-order valence-corrected chi connectivity index (χ3v) is 4.79. The van der Waals surface area contributed by atoms with Gasteiger partial charge in [-0.05, 0) is 61.5 Å². The van der Waals surface area contributed by atoms with Gasteiger partial charge in [0.2, 0.25) is 5.91 Å². The molecule has 0 saturated heterocycles. The summed E-state index contributed by atoms with van der Waals surface area (Å²) in [5, 5.41) is 11.5. The Balaban J connectivity index is 1.60. The molecule has 4 rings (SSSR count). The lowest BCUT2D eigenvalue weighted by Crippen LogP contribution is -2.31. The van der Waals surface area contributed by atoms with Crippen molar-refractivity contribution >= 4 is 17.1 Å². The Labute approximate surface area is 177 Å². The van der Waals surface area contributed by atoms with Crippen molar-refractivity contribution in [3.8, 4) is 22.8 Å². The van der Waals surface area contributed by atoms with Gasteiger partial charge in [-0.3, -0.25) is 9.59 Å². The fourth-order valence-electron chi connectivity index (χ4n) is 3.20. The average Bonchev–Trinajstić information content (AvgIpc) is 3.24. The maximum Gasteiger partial charge on any atom is 0.293 e. The van der Waals surface area contributed by atoms with E-state index in [1.54, 1.807) is 51.5 Å². The van der Waals surface area contributed by atoms with E-state index >= 15 is 0 Å². The third-order valence-electron chi connectivity index (χ3n) is 4.79. The van der Waals surface area contributed by atoms with Crippen molar-refractivity contribution in [2.75, 3.05) is 19.5 Å². The van der Waals surface area contributed by atoms with Crippen molar-refractivity contribution in [1.29, 1.82) is 0 Å². The summed E-state index contributed by atoms with van der Waals surface area (Å²) < 4.78 is 12.9. The first-order valence-electron chi connectivity index (χ1n) is 9.54. The second kappa shape index (κ2) is 8.31. The van der Waals surface area contributed by atoms with Gasteiger partial charge in [0.25, 0.3) is 5.56 Å². The molecule has 9 nitrogen and oxygen atoms in total. The van der Waals surface area contributed by atoms with Crippen molar-refractivity contribution in [1.82, 2.24) is 19.4 Å². The van der Waals surface area contributed by atoms with E-state index in [9.17, 15) is 9.59 Å².